The van der Waals surface area contributed by atoms with E-state index in [1.165, 1.54) is 12.3 Å². The lowest BCUT2D eigenvalue weighted by Crippen LogP contribution is -2.11. The third kappa shape index (κ3) is 3.88. The number of nitrogens with one attached hydrogen (secondary N) is 1. The molecule has 5 heteroatoms. The Balaban J connectivity index is 1.57. The quantitative estimate of drug-likeness (QED) is 0.781. The Labute approximate surface area is 133 Å². The Kier molecular flexibility index (Phi) is 4.57. The van der Waals surface area contributed by atoms with Crippen molar-refractivity contribution in [2.75, 3.05) is 5.32 Å². The van der Waals surface area contributed by atoms with E-state index in [1.54, 1.807) is 24.4 Å². The van der Waals surface area contributed by atoms with Crippen molar-refractivity contribution < 1.29 is 9.18 Å². The highest BCUT2D eigenvalue weighted by Crippen LogP contribution is 2.19. The number of nitrogens with zero attached hydrogens (tertiary/aromatic N) is 2. The van der Waals surface area contributed by atoms with Crippen LogP contribution in [0.1, 0.15) is 18.5 Å². The van der Waals surface area contributed by atoms with Crippen molar-refractivity contribution in [2.45, 2.75) is 19.3 Å². The molecule has 0 radical (unpaired) electrons. The first-order valence-corrected chi connectivity index (χ1v) is 7.46. The van der Waals surface area contributed by atoms with Gasteiger partial charge in [0.1, 0.15) is 11.3 Å². The van der Waals surface area contributed by atoms with E-state index >= 15 is 0 Å². The number of carbonyl (C=O) groups excluding carboxylic acids is 1. The summed E-state index contributed by atoms with van der Waals surface area (Å²) >= 11 is 0. The van der Waals surface area contributed by atoms with Crippen molar-refractivity contribution >= 4 is 22.5 Å². The molecule has 2 heterocycles. The van der Waals surface area contributed by atoms with Crippen molar-refractivity contribution in [1.82, 2.24) is 9.97 Å². The Bertz CT molecular complexity index is 821. The van der Waals surface area contributed by atoms with Crippen LogP contribution in [0.2, 0.25) is 0 Å². The van der Waals surface area contributed by atoms with Gasteiger partial charge in [0, 0.05) is 23.7 Å². The van der Waals surface area contributed by atoms with Crippen molar-refractivity contribution in [3.63, 3.8) is 0 Å². The number of amides is 1. The number of para-hydroxylation sites is 1. The van der Waals surface area contributed by atoms with Gasteiger partial charge in [0.2, 0.25) is 5.91 Å². The fourth-order valence-electron chi connectivity index (χ4n) is 2.39. The highest BCUT2D eigenvalue weighted by atomic mass is 19.1. The average molecular weight is 309 g/mol. The second-order valence-corrected chi connectivity index (χ2v) is 5.26. The summed E-state index contributed by atoms with van der Waals surface area (Å²) in [4.78, 5) is 20.3. The van der Waals surface area contributed by atoms with E-state index in [2.05, 4.69) is 15.3 Å². The first kappa shape index (κ1) is 15.1. The summed E-state index contributed by atoms with van der Waals surface area (Å²) in [6.45, 7) is 0. The van der Waals surface area contributed by atoms with Gasteiger partial charge < -0.3 is 5.32 Å². The first-order chi connectivity index (χ1) is 11.2. The van der Waals surface area contributed by atoms with Crippen molar-refractivity contribution in [3.8, 4) is 0 Å². The molecule has 1 N–H and O–H groups in total. The van der Waals surface area contributed by atoms with Gasteiger partial charge in [0.15, 0.2) is 0 Å². The zero-order valence-electron chi connectivity index (χ0n) is 12.5. The zero-order chi connectivity index (χ0) is 16.1. The topological polar surface area (TPSA) is 54.9 Å². The molecule has 0 spiro atoms. The number of benzene rings is 1. The molecule has 2 aromatic heterocycles. The summed E-state index contributed by atoms with van der Waals surface area (Å²) in [5.41, 5.74) is 1.86. The van der Waals surface area contributed by atoms with Gasteiger partial charge in [-0.2, -0.15) is 0 Å². The maximum Gasteiger partial charge on any atom is 0.224 e. The van der Waals surface area contributed by atoms with Crippen LogP contribution in [0.25, 0.3) is 10.9 Å². The molecular formula is C18H16FN3O. The standard InChI is InChI=1S/C18H16FN3O/c19-16-8-3-5-13-11-15(12-21-18(13)16)22-17(23)9-4-7-14-6-1-2-10-20-14/h1-3,5-6,8,10-12H,4,7,9H2,(H,22,23). The lowest BCUT2D eigenvalue weighted by Gasteiger charge is -2.06. The van der Waals surface area contributed by atoms with Crippen LogP contribution in [-0.2, 0) is 11.2 Å². The van der Waals surface area contributed by atoms with Crippen molar-refractivity contribution in [2.24, 2.45) is 0 Å². The Morgan fingerprint density at radius 3 is 2.87 bits per heavy atom. The minimum Gasteiger partial charge on any atom is -0.325 e. The highest BCUT2D eigenvalue weighted by Gasteiger charge is 2.06. The number of aromatic nitrogens is 2. The molecule has 0 aliphatic carbocycles. The summed E-state index contributed by atoms with van der Waals surface area (Å²) in [6.07, 6.45) is 5.10. The molecule has 0 saturated heterocycles. The average Bonchev–Trinajstić information content (AvgIpc) is 2.56. The maximum absolute atomic E-state index is 13.6. The lowest BCUT2D eigenvalue weighted by molar-refractivity contribution is -0.116. The Morgan fingerprint density at radius 1 is 1.13 bits per heavy atom. The van der Waals surface area contributed by atoms with E-state index in [9.17, 15) is 9.18 Å². The lowest BCUT2D eigenvalue weighted by atomic mass is 10.1. The van der Waals surface area contributed by atoms with Crippen molar-refractivity contribution in [1.29, 1.82) is 0 Å². The van der Waals surface area contributed by atoms with Crippen LogP contribution in [0.4, 0.5) is 10.1 Å². The fraction of sp³-hybridized carbons (Fsp3) is 0.167. The third-order valence-corrected chi connectivity index (χ3v) is 3.51. The van der Waals surface area contributed by atoms with Crippen LogP contribution < -0.4 is 5.32 Å². The van der Waals surface area contributed by atoms with E-state index in [4.69, 9.17) is 0 Å². The molecule has 1 amide bonds. The fourth-order valence-corrected chi connectivity index (χ4v) is 2.39. The normalized spacial score (nSPS) is 10.7. The molecule has 0 unspecified atom stereocenters. The summed E-state index contributed by atoms with van der Waals surface area (Å²) in [5.74, 6) is -0.450. The summed E-state index contributed by atoms with van der Waals surface area (Å²) in [5, 5.41) is 3.46. The number of pyridine rings is 2. The van der Waals surface area contributed by atoms with Gasteiger partial charge in [-0.25, -0.2) is 4.39 Å². The van der Waals surface area contributed by atoms with Gasteiger partial charge in [0.25, 0.3) is 0 Å². The minimum atomic E-state index is -0.365. The van der Waals surface area contributed by atoms with E-state index in [0.29, 0.717) is 23.0 Å². The molecular weight excluding hydrogens is 293 g/mol. The molecule has 0 aliphatic heterocycles. The monoisotopic (exact) mass is 309 g/mol. The van der Waals surface area contributed by atoms with Crippen LogP contribution in [0.15, 0.2) is 54.9 Å². The zero-order valence-corrected chi connectivity index (χ0v) is 12.5. The number of carbonyl (C=O) groups is 1. The van der Waals surface area contributed by atoms with Gasteiger partial charge in [-0.3, -0.25) is 14.8 Å². The van der Waals surface area contributed by atoms with Crippen molar-refractivity contribution in [3.05, 3.63) is 66.4 Å². The molecule has 1 aromatic carbocycles. The van der Waals surface area contributed by atoms with E-state index in [-0.39, 0.29) is 11.7 Å². The van der Waals surface area contributed by atoms with E-state index in [0.717, 1.165) is 18.5 Å². The SMILES string of the molecule is O=C(CCCc1ccccn1)Nc1cnc2c(F)cccc2c1. The molecule has 3 aromatic rings. The second-order valence-electron chi connectivity index (χ2n) is 5.26. The van der Waals surface area contributed by atoms with Gasteiger partial charge in [-0.1, -0.05) is 18.2 Å². The largest absolute Gasteiger partial charge is 0.325 e. The number of aryl methyl sites for hydroxylation is 1. The molecule has 23 heavy (non-hydrogen) atoms. The molecule has 0 atom stereocenters. The minimum absolute atomic E-state index is 0.0847. The number of rotatable bonds is 5. The maximum atomic E-state index is 13.6. The molecule has 116 valence electrons. The van der Waals surface area contributed by atoms with Gasteiger partial charge in [-0.15, -0.1) is 0 Å². The van der Waals surface area contributed by atoms with Crippen LogP contribution in [0.5, 0.6) is 0 Å². The van der Waals surface area contributed by atoms with Gasteiger partial charge >= 0.3 is 0 Å². The summed E-state index contributed by atoms with van der Waals surface area (Å²) < 4.78 is 13.6. The van der Waals surface area contributed by atoms with Crippen LogP contribution in [0.3, 0.4) is 0 Å². The Morgan fingerprint density at radius 2 is 2.04 bits per heavy atom. The van der Waals surface area contributed by atoms with Crippen LogP contribution >= 0.6 is 0 Å². The number of anilines is 1. The van der Waals surface area contributed by atoms with Crippen LogP contribution in [-0.4, -0.2) is 15.9 Å². The summed E-state index contributed by atoms with van der Waals surface area (Å²) in [7, 11) is 0. The smallest absolute Gasteiger partial charge is 0.224 e. The molecule has 0 bridgehead atoms. The predicted octanol–water partition coefficient (Wildman–Crippen LogP) is 3.73. The van der Waals surface area contributed by atoms with Gasteiger partial charge in [-0.05, 0) is 37.1 Å². The molecule has 0 fully saturated rings. The van der Waals surface area contributed by atoms with E-state index in [1.807, 2.05) is 18.2 Å². The highest BCUT2D eigenvalue weighted by molar-refractivity contribution is 5.93. The Hall–Kier alpha value is -2.82. The molecule has 0 aliphatic rings. The first-order valence-electron chi connectivity index (χ1n) is 7.46. The predicted molar refractivity (Wildman–Crippen MR) is 87.5 cm³/mol. The number of fused-ring (bicyclic) bond motifs is 1. The molecule has 0 saturated carbocycles. The molecule has 3 rings (SSSR count). The van der Waals surface area contributed by atoms with E-state index < -0.39 is 0 Å². The number of hydrogen-bond donors (Lipinski definition) is 1. The number of hydrogen-bond acceptors (Lipinski definition) is 3. The second kappa shape index (κ2) is 6.96. The third-order valence-electron chi connectivity index (χ3n) is 3.51. The number of halogens is 1. The van der Waals surface area contributed by atoms with Crippen LogP contribution in [0, 0.1) is 5.82 Å². The summed E-state index contributed by atoms with van der Waals surface area (Å²) in [6, 6.07) is 12.2. The van der Waals surface area contributed by atoms with Gasteiger partial charge in [0.05, 0.1) is 11.9 Å². The molecule has 4 nitrogen and oxygen atoms in total.